The molecular formula is C9H16N2O2. The predicted molar refractivity (Wildman–Crippen MR) is 52.0 cm³/mol. The minimum absolute atomic E-state index is 0.207. The Labute approximate surface area is 78.5 Å². The van der Waals surface area contributed by atoms with E-state index in [4.69, 9.17) is 0 Å². The van der Waals surface area contributed by atoms with Crippen molar-refractivity contribution in [3.05, 3.63) is 25.3 Å². The third-order valence-corrected chi connectivity index (χ3v) is 1.61. The molecule has 4 nitrogen and oxygen atoms in total. The summed E-state index contributed by atoms with van der Waals surface area (Å²) in [6, 6.07) is 0. The quantitative estimate of drug-likeness (QED) is 0.339. The van der Waals surface area contributed by atoms with Crippen LogP contribution in [0.2, 0.25) is 0 Å². The number of nitrogens with zero attached hydrogens (tertiary/aromatic N) is 1. The molecule has 0 aromatic heterocycles. The highest BCUT2D eigenvalue weighted by Gasteiger charge is 2.05. The molecule has 13 heavy (non-hydrogen) atoms. The Balaban J connectivity index is 3.58. The lowest BCUT2D eigenvalue weighted by atomic mass is 10.4. The zero-order valence-corrected chi connectivity index (χ0v) is 7.86. The average molecular weight is 184 g/mol. The molecule has 1 unspecified atom stereocenters. The molecule has 74 valence electrons. The molecule has 0 saturated heterocycles. The Morgan fingerprint density at radius 3 is 2.77 bits per heavy atom. The maximum absolute atomic E-state index is 10.7. The minimum atomic E-state index is -0.666. The fourth-order valence-corrected chi connectivity index (χ4v) is 0.740. The van der Waals surface area contributed by atoms with Gasteiger partial charge in [-0.1, -0.05) is 13.2 Å². The number of rotatable bonds is 6. The number of aliphatic hydroxyl groups is 1. The van der Waals surface area contributed by atoms with Crippen molar-refractivity contribution in [1.29, 1.82) is 0 Å². The maximum Gasteiger partial charge on any atom is 0.243 e. The van der Waals surface area contributed by atoms with E-state index in [-0.39, 0.29) is 5.91 Å². The molecule has 0 radical (unpaired) electrons. The van der Waals surface area contributed by atoms with E-state index in [1.807, 2.05) is 0 Å². The molecule has 0 aliphatic heterocycles. The van der Waals surface area contributed by atoms with Gasteiger partial charge in [0.25, 0.3) is 0 Å². The van der Waals surface area contributed by atoms with Crippen molar-refractivity contribution in [2.75, 3.05) is 20.1 Å². The van der Waals surface area contributed by atoms with E-state index in [0.717, 1.165) is 0 Å². The fourth-order valence-electron chi connectivity index (χ4n) is 0.740. The molecule has 0 aliphatic rings. The molecule has 4 heteroatoms. The Kier molecular flexibility index (Phi) is 5.84. The summed E-state index contributed by atoms with van der Waals surface area (Å²) >= 11 is 0. The highest BCUT2D eigenvalue weighted by Crippen LogP contribution is 1.90. The molecular weight excluding hydrogens is 168 g/mol. The van der Waals surface area contributed by atoms with Crippen LogP contribution in [0.5, 0.6) is 0 Å². The number of likely N-dealkylation sites (N-methyl/N-ethyl adjacent to an activating group) is 1. The van der Waals surface area contributed by atoms with E-state index in [1.165, 1.54) is 12.2 Å². The van der Waals surface area contributed by atoms with Crippen molar-refractivity contribution < 1.29 is 9.90 Å². The van der Waals surface area contributed by atoms with Crippen LogP contribution in [0.25, 0.3) is 0 Å². The Bertz CT molecular complexity index is 192. The molecule has 0 aromatic carbocycles. The number of hydrogen-bond donors (Lipinski definition) is 2. The zero-order chi connectivity index (χ0) is 10.3. The summed E-state index contributed by atoms with van der Waals surface area (Å²) in [6.45, 7) is 7.80. The van der Waals surface area contributed by atoms with Crippen LogP contribution in [0.1, 0.15) is 0 Å². The maximum atomic E-state index is 10.7. The van der Waals surface area contributed by atoms with E-state index in [1.54, 1.807) is 11.9 Å². The molecule has 1 amide bonds. The molecule has 0 saturated carbocycles. The second-order valence-corrected chi connectivity index (χ2v) is 2.63. The largest absolute Gasteiger partial charge is 0.375 e. The van der Waals surface area contributed by atoms with Crippen LogP contribution >= 0.6 is 0 Å². The van der Waals surface area contributed by atoms with Gasteiger partial charge in [-0.25, -0.2) is 0 Å². The molecule has 2 N–H and O–H groups in total. The van der Waals surface area contributed by atoms with Crippen molar-refractivity contribution in [2.45, 2.75) is 6.23 Å². The average Bonchev–Trinajstić information content (AvgIpc) is 2.15. The van der Waals surface area contributed by atoms with Crippen molar-refractivity contribution in [2.24, 2.45) is 0 Å². The number of hydrogen-bond acceptors (Lipinski definition) is 3. The van der Waals surface area contributed by atoms with E-state index in [9.17, 15) is 9.90 Å². The summed E-state index contributed by atoms with van der Waals surface area (Å²) in [7, 11) is 1.74. The van der Waals surface area contributed by atoms with E-state index in [2.05, 4.69) is 18.5 Å². The third kappa shape index (κ3) is 5.16. The summed E-state index contributed by atoms with van der Waals surface area (Å²) in [6.07, 6.45) is 1.97. The van der Waals surface area contributed by atoms with Gasteiger partial charge in [0.15, 0.2) is 0 Å². The van der Waals surface area contributed by atoms with Gasteiger partial charge in [0.05, 0.1) is 0 Å². The summed E-state index contributed by atoms with van der Waals surface area (Å²) in [5.74, 6) is -0.207. The summed E-state index contributed by atoms with van der Waals surface area (Å²) in [4.78, 5) is 12.4. The highest BCUT2D eigenvalue weighted by molar-refractivity contribution is 5.86. The Morgan fingerprint density at radius 2 is 2.31 bits per heavy atom. The van der Waals surface area contributed by atoms with E-state index < -0.39 is 6.23 Å². The van der Waals surface area contributed by atoms with Gasteiger partial charge in [-0.2, -0.15) is 0 Å². The lowest BCUT2D eigenvalue weighted by molar-refractivity contribution is -0.116. The SMILES string of the molecule is C=CC(=O)NCCN(C)C(O)C=C. The molecule has 0 fully saturated rings. The predicted octanol–water partition coefficient (Wildman–Crippen LogP) is -0.275. The van der Waals surface area contributed by atoms with Crippen LogP contribution in [0.4, 0.5) is 0 Å². The van der Waals surface area contributed by atoms with Crippen LogP contribution < -0.4 is 5.32 Å². The number of aliphatic hydroxyl groups excluding tert-OH is 1. The summed E-state index contributed by atoms with van der Waals surface area (Å²) in [5.41, 5.74) is 0. The first kappa shape index (κ1) is 11.9. The molecule has 0 aliphatic carbocycles. The highest BCUT2D eigenvalue weighted by atomic mass is 16.3. The van der Waals surface area contributed by atoms with Gasteiger partial charge in [-0.3, -0.25) is 9.69 Å². The van der Waals surface area contributed by atoms with Crippen LogP contribution in [0.15, 0.2) is 25.3 Å². The molecule has 0 heterocycles. The number of carbonyl (C=O) groups excluding carboxylic acids is 1. The van der Waals surface area contributed by atoms with Gasteiger partial charge in [0, 0.05) is 13.1 Å². The first-order chi connectivity index (χ1) is 6.11. The van der Waals surface area contributed by atoms with Crippen molar-refractivity contribution >= 4 is 5.91 Å². The van der Waals surface area contributed by atoms with Gasteiger partial charge in [-0.05, 0) is 19.2 Å². The second-order valence-electron chi connectivity index (χ2n) is 2.63. The minimum Gasteiger partial charge on any atom is -0.375 e. The van der Waals surface area contributed by atoms with Crippen molar-refractivity contribution in [3.63, 3.8) is 0 Å². The van der Waals surface area contributed by atoms with Crippen LogP contribution in [-0.4, -0.2) is 42.3 Å². The molecule has 0 spiro atoms. The monoisotopic (exact) mass is 184 g/mol. The van der Waals surface area contributed by atoms with Gasteiger partial charge in [0.2, 0.25) is 5.91 Å². The molecule has 0 bridgehead atoms. The Morgan fingerprint density at radius 1 is 1.69 bits per heavy atom. The van der Waals surface area contributed by atoms with Gasteiger partial charge in [0.1, 0.15) is 6.23 Å². The lowest BCUT2D eigenvalue weighted by Gasteiger charge is -2.20. The fraction of sp³-hybridized carbons (Fsp3) is 0.444. The first-order valence-electron chi connectivity index (χ1n) is 4.03. The second kappa shape index (κ2) is 6.39. The number of nitrogens with one attached hydrogen (secondary N) is 1. The smallest absolute Gasteiger partial charge is 0.243 e. The van der Waals surface area contributed by atoms with Gasteiger partial charge < -0.3 is 10.4 Å². The molecule has 1 atom stereocenters. The molecule has 0 aromatic rings. The van der Waals surface area contributed by atoms with Gasteiger partial charge in [-0.15, -0.1) is 0 Å². The normalized spacial score (nSPS) is 12.2. The lowest BCUT2D eigenvalue weighted by Crippen LogP contribution is -2.37. The van der Waals surface area contributed by atoms with E-state index >= 15 is 0 Å². The van der Waals surface area contributed by atoms with Gasteiger partial charge >= 0.3 is 0 Å². The van der Waals surface area contributed by atoms with Crippen LogP contribution in [0, 0.1) is 0 Å². The van der Waals surface area contributed by atoms with Crippen molar-refractivity contribution in [3.8, 4) is 0 Å². The summed E-state index contributed by atoms with van der Waals surface area (Å²) in [5, 5.41) is 11.8. The van der Waals surface area contributed by atoms with Crippen LogP contribution in [0.3, 0.4) is 0 Å². The molecule has 0 rings (SSSR count). The zero-order valence-electron chi connectivity index (χ0n) is 7.86. The topological polar surface area (TPSA) is 52.6 Å². The number of carbonyl (C=O) groups is 1. The van der Waals surface area contributed by atoms with E-state index in [0.29, 0.717) is 13.1 Å². The first-order valence-corrected chi connectivity index (χ1v) is 4.03. The Hall–Kier alpha value is -1.13. The standard InChI is InChI=1S/C9H16N2O2/c1-4-8(12)10-6-7-11(3)9(13)5-2/h4-5,9,13H,1-2,6-7H2,3H3,(H,10,12). The third-order valence-electron chi connectivity index (χ3n) is 1.61. The van der Waals surface area contributed by atoms with Crippen molar-refractivity contribution in [1.82, 2.24) is 10.2 Å². The number of amides is 1. The van der Waals surface area contributed by atoms with Crippen LogP contribution in [-0.2, 0) is 4.79 Å². The summed E-state index contributed by atoms with van der Waals surface area (Å²) < 4.78 is 0.